The molecule has 0 bridgehead atoms. The first kappa shape index (κ1) is 6.10. The van der Waals surface area contributed by atoms with Gasteiger partial charge in [-0.25, -0.2) is 4.89 Å². The molecule has 0 fully saturated rings. The van der Waals surface area contributed by atoms with E-state index < -0.39 is 0 Å². The Morgan fingerprint density at radius 1 is 1.67 bits per heavy atom. The summed E-state index contributed by atoms with van der Waals surface area (Å²) in [5.74, 6) is 0. The molecule has 0 amide bonds. The third-order valence-corrected chi connectivity index (χ3v) is 0.370. The monoisotopic (exact) mass is 108 g/mol. The minimum Gasteiger partial charge on any atom is -0.269 e. The molecule has 0 saturated carbocycles. The lowest BCUT2D eigenvalue weighted by Gasteiger charge is -1.91. The molecule has 4 heteroatoms. The van der Waals surface area contributed by atoms with Crippen molar-refractivity contribution < 1.29 is 14.5 Å². The van der Waals surface area contributed by atoms with Gasteiger partial charge in [-0.1, -0.05) is 5.04 Å². The quantitative estimate of drug-likeness (QED) is 0.204. The van der Waals surface area contributed by atoms with Crippen LogP contribution in [0.25, 0.3) is 0 Å². The molecule has 0 aromatic heterocycles. The van der Waals surface area contributed by atoms with Gasteiger partial charge in [-0.15, -0.1) is 0 Å². The van der Waals surface area contributed by atoms with E-state index >= 15 is 0 Å². The van der Waals surface area contributed by atoms with E-state index in [-0.39, 0.29) is 0 Å². The summed E-state index contributed by atoms with van der Waals surface area (Å²) in [5.41, 5.74) is 0. The smallest absolute Gasteiger partial charge is 0.197 e. The van der Waals surface area contributed by atoms with Gasteiger partial charge < -0.3 is 0 Å². The van der Waals surface area contributed by atoms with Crippen molar-refractivity contribution in [3.05, 3.63) is 0 Å². The van der Waals surface area contributed by atoms with Gasteiger partial charge >= 0.3 is 0 Å². The summed E-state index contributed by atoms with van der Waals surface area (Å²) in [6.45, 7) is 2.35. The van der Waals surface area contributed by atoms with Crippen LogP contribution < -0.4 is 0 Å². The average Bonchev–Trinajstić information content (AvgIpc) is 1.61. The van der Waals surface area contributed by atoms with E-state index in [4.69, 9.17) is 0 Å². The highest BCUT2D eigenvalue weighted by atomic mass is 28.2. The van der Waals surface area contributed by atoms with Crippen LogP contribution in [0.2, 0.25) is 0 Å². The highest BCUT2D eigenvalue weighted by molar-refractivity contribution is 5.97. The van der Waals surface area contributed by atoms with E-state index in [0.717, 1.165) is 0 Å². The highest BCUT2D eigenvalue weighted by Gasteiger charge is 1.71. The van der Waals surface area contributed by atoms with Crippen molar-refractivity contribution in [1.82, 2.24) is 0 Å². The zero-order valence-electron chi connectivity index (χ0n) is 3.93. The second-order valence-electron chi connectivity index (χ2n) is 0.641. The van der Waals surface area contributed by atoms with Crippen LogP contribution in [0.4, 0.5) is 0 Å². The van der Waals surface area contributed by atoms with Crippen molar-refractivity contribution >= 4 is 10.5 Å². The SMILES string of the molecule is CCOOO[SiH3]. The predicted octanol–water partition coefficient (Wildman–Crippen LogP) is -0.833. The fourth-order valence-corrected chi connectivity index (χ4v) is 0.192. The van der Waals surface area contributed by atoms with E-state index in [1.165, 1.54) is 0 Å². The molecule has 0 spiro atoms. The van der Waals surface area contributed by atoms with Gasteiger partial charge in [-0.05, 0) is 6.92 Å². The maximum absolute atomic E-state index is 4.30. The molecule has 0 atom stereocenters. The Bertz CT molecular complexity index is 20.8. The third-order valence-electron chi connectivity index (χ3n) is 0.234. The van der Waals surface area contributed by atoms with Crippen molar-refractivity contribution in [2.45, 2.75) is 6.92 Å². The molecule has 0 aromatic carbocycles. The van der Waals surface area contributed by atoms with Gasteiger partial charge in [0.2, 0.25) is 0 Å². The molecule has 0 N–H and O–H groups in total. The number of hydrogen-bond acceptors (Lipinski definition) is 3. The number of rotatable bonds is 3. The van der Waals surface area contributed by atoms with Crippen molar-refractivity contribution in [1.29, 1.82) is 0 Å². The summed E-state index contributed by atoms with van der Waals surface area (Å²) in [7, 11) is 0.556. The lowest BCUT2D eigenvalue weighted by molar-refractivity contribution is -0.465. The fourth-order valence-electron chi connectivity index (χ4n) is 0.0962. The molecule has 0 radical (unpaired) electrons. The van der Waals surface area contributed by atoms with Crippen LogP contribution in [-0.4, -0.2) is 17.1 Å². The molecule has 3 nitrogen and oxygen atoms in total. The van der Waals surface area contributed by atoms with E-state index in [0.29, 0.717) is 17.1 Å². The first-order valence-corrected chi connectivity index (χ1v) is 2.55. The van der Waals surface area contributed by atoms with Gasteiger partial charge in [-0.2, -0.15) is 0 Å². The van der Waals surface area contributed by atoms with Gasteiger partial charge in [0.05, 0.1) is 6.61 Å². The molecule has 6 heavy (non-hydrogen) atoms. The molecule has 0 rings (SSSR count). The molecule has 0 saturated heterocycles. The van der Waals surface area contributed by atoms with Gasteiger partial charge in [0, 0.05) is 0 Å². The molecule has 0 heterocycles. The largest absolute Gasteiger partial charge is 0.269 e. The summed E-state index contributed by atoms with van der Waals surface area (Å²) < 4.78 is 4.20. The van der Waals surface area contributed by atoms with Crippen molar-refractivity contribution in [3.63, 3.8) is 0 Å². The summed E-state index contributed by atoms with van der Waals surface area (Å²) in [6.07, 6.45) is 0. The Kier molecular flexibility index (Phi) is 5.18. The molecule has 0 unspecified atom stereocenters. The van der Waals surface area contributed by atoms with E-state index in [9.17, 15) is 0 Å². The zero-order valence-corrected chi connectivity index (χ0v) is 5.93. The molecule has 38 valence electrons. The van der Waals surface area contributed by atoms with Crippen molar-refractivity contribution in [3.8, 4) is 0 Å². The van der Waals surface area contributed by atoms with Crippen LogP contribution in [-0.2, 0) is 14.5 Å². The Hall–Kier alpha value is 0.0969. The van der Waals surface area contributed by atoms with E-state index in [1.807, 2.05) is 6.92 Å². The van der Waals surface area contributed by atoms with E-state index in [2.05, 4.69) is 14.5 Å². The second kappa shape index (κ2) is 5.10. The van der Waals surface area contributed by atoms with Crippen molar-refractivity contribution in [2.24, 2.45) is 0 Å². The summed E-state index contributed by atoms with van der Waals surface area (Å²) in [4.78, 5) is 4.30. The highest BCUT2D eigenvalue weighted by Crippen LogP contribution is 1.71. The van der Waals surface area contributed by atoms with E-state index in [1.54, 1.807) is 0 Å². The number of hydrogen-bond donors (Lipinski definition) is 0. The van der Waals surface area contributed by atoms with Crippen LogP contribution in [0.3, 0.4) is 0 Å². The first-order chi connectivity index (χ1) is 2.91. The lowest BCUT2D eigenvalue weighted by Crippen LogP contribution is -1.90. The average molecular weight is 108 g/mol. The summed E-state index contributed by atoms with van der Waals surface area (Å²) in [5, 5.41) is 4.04. The Balaban J connectivity index is 2.34. The maximum Gasteiger partial charge on any atom is 0.197 e. The van der Waals surface area contributed by atoms with Crippen LogP contribution in [0, 0.1) is 0 Å². The Morgan fingerprint density at radius 2 is 2.33 bits per heavy atom. The topological polar surface area (TPSA) is 27.7 Å². The minimum atomic E-state index is 0.530. The summed E-state index contributed by atoms with van der Waals surface area (Å²) in [6, 6.07) is 0. The Labute approximate surface area is 39.6 Å². The zero-order chi connectivity index (χ0) is 4.83. The molecule has 0 aliphatic rings. The fraction of sp³-hybridized carbons (Fsp3) is 1.00. The Morgan fingerprint density at radius 3 is 2.50 bits per heavy atom. The molecule has 0 aliphatic heterocycles. The van der Waals surface area contributed by atoms with Gasteiger partial charge in [0.15, 0.2) is 10.5 Å². The minimum absolute atomic E-state index is 0.530. The normalized spacial score (nSPS) is 9.50. The van der Waals surface area contributed by atoms with Crippen molar-refractivity contribution in [2.75, 3.05) is 6.61 Å². The molecule has 0 aliphatic carbocycles. The lowest BCUT2D eigenvalue weighted by atomic mass is 10.9. The third kappa shape index (κ3) is 4.10. The van der Waals surface area contributed by atoms with Gasteiger partial charge in [0.1, 0.15) is 0 Å². The van der Waals surface area contributed by atoms with Gasteiger partial charge in [-0.3, -0.25) is 4.58 Å². The molecular weight excluding hydrogens is 100 g/mol. The van der Waals surface area contributed by atoms with Crippen LogP contribution in [0.15, 0.2) is 0 Å². The van der Waals surface area contributed by atoms with Crippen LogP contribution in [0.1, 0.15) is 6.92 Å². The second-order valence-corrected chi connectivity index (χ2v) is 0.975. The standard InChI is InChI=1S/C2H8O3Si/c1-2-3-4-5-6/h2H2,1,6H3. The predicted molar refractivity (Wildman–Crippen MR) is 23.7 cm³/mol. The van der Waals surface area contributed by atoms with Crippen LogP contribution in [0.5, 0.6) is 0 Å². The maximum atomic E-state index is 4.30. The molecule has 0 aromatic rings. The van der Waals surface area contributed by atoms with Crippen LogP contribution >= 0.6 is 0 Å². The summed E-state index contributed by atoms with van der Waals surface area (Å²) >= 11 is 0. The molecular formula is C2H8O3Si. The van der Waals surface area contributed by atoms with Gasteiger partial charge in [0.25, 0.3) is 0 Å². The first-order valence-electron chi connectivity index (χ1n) is 1.74.